The number of hydrogen-bond donors (Lipinski definition) is 0. The third-order valence-corrected chi connectivity index (χ3v) is 5.84. The zero-order valence-corrected chi connectivity index (χ0v) is 16.4. The number of hydrogen-bond acceptors (Lipinski definition) is 6. The molecule has 1 aliphatic carbocycles. The van der Waals surface area contributed by atoms with E-state index in [4.69, 9.17) is 9.26 Å². The molecule has 0 radical (unpaired) electrons. The number of methoxy groups -OCH3 is 1. The molecule has 2 aliphatic rings. The van der Waals surface area contributed by atoms with Gasteiger partial charge in [-0.1, -0.05) is 35.3 Å². The van der Waals surface area contributed by atoms with Crippen LogP contribution in [0.5, 0.6) is 5.75 Å². The van der Waals surface area contributed by atoms with E-state index < -0.39 is 0 Å². The highest BCUT2D eigenvalue weighted by Crippen LogP contribution is 2.35. The Morgan fingerprint density at radius 3 is 2.90 bits per heavy atom. The smallest absolute Gasteiger partial charge is 0.260 e. The molecule has 8 nitrogen and oxygen atoms in total. The Hall–Kier alpha value is -3.16. The summed E-state index contributed by atoms with van der Waals surface area (Å²) >= 11 is 0. The first-order valence-electron chi connectivity index (χ1n) is 10.1. The lowest BCUT2D eigenvalue weighted by Gasteiger charge is -2.25. The van der Waals surface area contributed by atoms with Gasteiger partial charge in [-0.2, -0.15) is 0 Å². The van der Waals surface area contributed by atoms with Crippen LogP contribution in [0.25, 0.3) is 11.3 Å². The van der Waals surface area contributed by atoms with Crippen LogP contribution in [0.4, 0.5) is 0 Å². The number of carbonyl (C=O) groups is 1. The summed E-state index contributed by atoms with van der Waals surface area (Å²) in [7, 11) is 1.60. The predicted octanol–water partition coefficient (Wildman–Crippen LogP) is 3.26. The molecule has 1 fully saturated rings. The number of fused-ring (bicyclic) bond motifs is 1. The first-order valence-corrected chi connectivity index (χ1v) is 10.1. The minimum atomic E-state index is -0.0937. The van der Waals surface area contributed by atoms with Crippen molar-refractivity contribution in [1.82, 2.24) is 25.1 Å². The van der Waals surface area contributed by atoms with E-state index in [1.807, 2.05) is 35.1 Å². The standard InChI is InChI=1S/C21H23N5O3/c1-28-17-9-5-4-8-16(17)20-19-18(29-23-20)10-11-25(21(19)27)12-14-13-26(24-22-14)15-6-2-3-7-15/h4-5,8-9,13,15H,2-3,6-7,10-12H2,1H3. The highest BCUT2D eigenvalue weighted by molar-refractivity contribution is 6.02. The molecule has 0 spiro atoms. The fourth-order valence-electron chi connectivity index (χ4n) is 4.32. The van der Waals surface area contributed by atoms with E-state index >= 15 is 0 Å². The summed E-state index contributed by atoms with van der Waals surface area (Å²) < 4.78 is 12.9. The Kier molecular flexibility index (Phi) is 4.54. The van der Waals surface area contributed by atoms with Gasteiger partial charge in [0.2, 0.25) is 0 Å². The molecule has 5 rings (SSSR count). The molecule has 0 bridgehead atoms. The molecule has 1 aromatic carbocycles. The van der Waals surface area contributed by atoms with Crippen molar-refractivity contribution < 1.29 is 14.1 Å². The van der Waals surface area contributed by atoms with E-state index in [0.717, 1.165) is 24.1 Å². The molecular formula is C21H23N5O3. The molecule has 3 aromatic rings. The molecule has 3 heterocycles. The number of nitrogens with zero attached hydrogens (tertiary/aromatic N) is 5. The number of para-hydroxylation sites is 1. The average molecular weight is 393 g/mol. The number of amides is 1. The summed E-state index contributed by atoms with van der Waals surface area (Å²) in [6.07, 6.45) is 7.39. The molecular weight excluding hydrogens is 370 g/mol. The van der Waals surface area contributed by atoms with Crippen molar-refractivity contribution in [3.8, 4) is 17.0 Å². The molecule has 2 aromatic heterocycles. The van der Waals surface area contributed by atoms with Crippen molar-refractivity contribution in [3.63, 3.8) is 0 Å². The summed E-state index contributed by atoms with van der Waals surface area (Å²) in [6.45, 7) is 1.00. The normalized spacial score (nSPS) is 17.0. The molecule has 0 unspecified atom stereocenters. The van der Waals surface area contributed by atoms with Gasteiger partial charge in [0.1, 0.15) is 22.7 Å². The topological polar surface area (TPSA) is 86.3 Å². The van der Waals surface area contributed by atoms with Gasteiger partial charge in [0.15, 0.2) is 5.76 Å². The maximum atomic E-state index is 13.3. The molecule has 0 saturated heterocycles. The second kappa shape index (κ2) is 7.35. The molecule has 8 heteroatoms. The summed E-state index contributed by atoms with van der Waals surface area (Å²) in [4.78, 5) is 15.1. The average Bonchev–Trinajstić information content (AvgIpc) is 3.50. The van der Waals surface area contributed by atoms with E-state index in [-0.39, 0.29) is 5.91 Å². The predicted molar refractivity (Wildman–Crippen MR) is 104 cm³/mol. The van der Waals surface area contributed by atoms with Gasteiger partial charge in [0.25, 0.3) is 5.91 Å². The Labute approximate surface area is 168 Å². The lowest BCUT2D eigenvalue weighted by Crippen LogP contribution is -2.36. The molecule has 1 amide bonds. The van der Waals surface area contributed by atoms with Gasteiger partial charge < -0.3 is 14.2 Å². The zero-order valence-electron chi connectivity index (χ0n) is 16.4. The Bertz CT molecular complexity index is 1030. The van der Waals surface area contributed by atoms with Gasteiger partial charge in [-0.25, -0.2) is 4.68 Å². The molecule has 0 N–H and O–H groups in total. The summed E-state index contributed by atoms with van der Waals surface area (Å²) in [5, 5.41) is 12.8. The van der Waals surface area contributed by atoms with Crippen LogP contribution < -0.4 is 4.74 Å². The van der Waals surface area contributed by atoms with Crippen LogP contribution in [0.15, 0.2) is 35.0 Å². The Morgan fingerprint density at radius 1 is 1.24 bits per heavy atom. The lowest BCUT2D eigenvalue weighted by molar-refractivity contribution is 0.0717. The van der Waals surface area contributed by atoms with Gasteiger partial charge in [-0.05, 0) is 25.0 Å². The van der Waals surface area contributed by atoms with Crippen molar-refractivity contribution in [2.45, 2.75) is 44.7 Å². The third-order valence-electron chi connectivity index (χ3n) is 5.84. The number of rotatable bonds is 5. The summed E-state index contributed by atoms with van der Waals surface area (Å²) in [6, 6.07) is 7.96. The first-order chi connectivity index (χ1) is 14.2. The van der Waals surface area contributed by atoms with Gasteiger partial charge >= 0.3 is 0 Å². The molecule has 0 atom stereocenters. The number of carbonyl (C=O) groups excluding carboxylic acids is 1. The van der Waals surface area contributed by atoms with Crippen LogP contribution in [-0.4, -0.2) is 44.6 Å². The zero-order chi connectivity index (χ0) is 19.8. The van der Waals surface area contributed by atoms with Gasteiger partial charge in [-0.15, -0.1) is 5.10 Å². The van der Waals surface area contributed by atoms with Gasteiger partial charge in [0, 0.05) is 18.5 Å². The highest BCUT2D eigenvalue weighted by Gasteiger charge is 2.33. The first kappa shape index (κ1) is 17.9. The van der Waals surface area contributed by atoms with E-state index in [2.05, 4.69) is 15.5 Å². The highest BCUT2D eigenvalue weighted by atomic mass is 16.5. The second-order valence-corrected chi connectivity index (χ2v) is 7.63. The van der Waals surface area contributed by atoms with E-state index in [0.29, 0.717) is 48.3 Å². The Balaban J connectivity index is 1.40. The maximum Gasteiger partial charge on any atom is 0.260 e. The lowest BCUT2D eigenvalue weighted by atomic mass is 10.00. The third kappa shape index (κ3) is 3.18. The van der Waals surface area contributed by atoms with Crippen LogP contribution in [0.3, 0.4) is 0 Å². The molecule has 1 aliphatic heterocycles. The number of benzene rings is 1. The van der Waals surface area contributed by atoms with Crippen LogP contribution in [0.1, 0.15) is 53.5 Å². The number of ether oxygens (including phenoxy) is 1. The second-order valence-electron chi connectivity index (χ2n) is 7.63. The van der Waals surface area contributed by atoms with Crippen molar-refractivity contribution >= 4 is 5.91 Å². The van der Waals surface area contributed by atoms with Crippen molar-refractivity contribution in [2.24, 2.45) is 0 Å². The van der Waals surface area contributed by atoms with Crippen LogP contribution in [-0.2, 0) is 13.0 Å². The molecule has 1 saturated carbocycles. The van der Waals surface area contributed by atoms with Gasteiger partial charge in [0.05, 0.1) is 25.9 Å². The van der Waals surface area contributed by atoms with Crippen molar-refractivity contribution in [2.75, 3.05) is 13.7 Å². The SMILES string of the molecule is COc1ccccc1-c1noc2c1C(=O)N(Cc1cn(C3CCCC3)nn1)CC2. The number of aromatic nitrogens is 4. The largest absolute Gasteiger partial charge is 0.496 e. The van der Waals surface area contributed by atoms with Crippen molar-refractivity contribution in [3.05, 3.63) is 47.5 Å². The minimum absolute atomic E-state index is 0.0937. The quantitative estimate of drug-likeness (QED) is 0.661. The fraction of sp³-hybridized carbons (Fsp3) is 0.429. The Morgan fingerprint density at radius 2 is 2.07 bits per heavy atom. The molecule has 150 valence electrons. The van der Waals surface area contributed by atoms with E-state index in [1.54, 1.807) is 12.0 Å². The van der Waals surface area contributed by atoms with Gasteiger partial charge in [-0.3, -0.25) is 4.79 Å². The van der Waals surface area contributed by atoms with Crippen LogP contribution in [0, 0.1) is 0 Å². The van der Waals surface area contributed by atoms with Crippen molar-refractivity contribution in [1.29, 1.82) is 0 Å². The van der Waals surface area contributed by atoms with E-state index in [1.165, 1.54) is 12.8 Å². The van der Waals surface area contributed by atoms with Crippen LogP contribution in [0.2, 0.25) is 0 Å². The monoisotopic (exact) mass is 393 g/mol. The summed E-state index contributed by atoms with van der Waals surface area (Å²) in [5.41, 5.74) is 2.61. The fourth-order valence-corrected chi connectivity index (χ4v) is 4.32. The maximum absolute atomic E-state index is 13.3. The summed E-state index contributed by atoms with van der Waals surface area (Å²) in [5.74, 6) is 1.19. The minimum Gasteiger partial charge on any atom is -0.496 e. The van der Waals surface area contributed by atoms with E-state index in [9.17, 15) is 4.79 Å². The molecule has 29 heavy (non-hydrogen) atoms. The van der Waals surface area contributed by atoms with Crippen LogP contribution >= 0.6 is 0 Å².